The third kappa shape index (κ3) is 3.05. The number of anilines is 1. The highest BCUT2D eigenvalue weighted by molar-refractivity contribution is 5.94. The summed E-state index contributed by atoms with van der Waals surface area (Å²) in [5.41, 5.74) is 6.32. The number of hydrogen-bond donors (Lipinski definition) is 2. The molecule has 114 valence electrons. The number of benzene rings is 1. The Morgan fingerprint density at radius 2 is 2.00 bits per heavy atom. The summed E-state index contributed by atoms with van der Waals surface area (Å²) in [7, 11) is 0. The van der Waals surface area contributed by atoms with Gasteiger partial charge in [0.2, 0.25) is 0 Å². The molecule has 1 aromatic rings. The summed E-state index contributed by atoms with van der Waals surface area (Å²) < 4.78 is 0. The van der Waals surface area contributed by atoms with Crippen molar-refractivity contribution in [2.75, 3.05) is 11.9 Å². The number of hydrogen-bond acceptors (Lipinski definition) is 3. The molecule has 1 saturated heterocycles. The summed E-state index contributed by atoms with van der Waals surface area (Å²) in [6.07, 6.45) is 5.74. The van der Waals surface area contributed by atoms with Crippen LogP contribution in [0, 0.1) is 0 Å². The van der Waals surface area contributed by atoms with E-state index < -0.39 is 0 Å². The third-order valence-corrected chi connectivity index (χ3v) is 4.73. The van der Waals surface area contributed by atoms with E-state index >= 15 is 0 Å². The van der Waals surface area contributed by atoms with Crippen LogP contribution in [0.2, 0.25) is 0 Å². The molecule has 4 nitrogen and oxygen atoms in total. The van der Waals surface area contributed by atoms with Crippen molar-refractivity contribution in [1.82, 2.24) is 10.4 Å². The molecule has 21 heavy (non-hydrogen) atoms. The molecule has 1 aromatic carbocycles. The summed E-state index contributed by atoms with van der Waals surface area (Å²) in [4.78, 5) is 12.5. The highest BCUT2D eigenvalue weighted by Crippen LogP contribution is 2.24. The average molecular weight is 287 g/mol. The fraction of sp³-hybridized carbons (Fsp3) is 0.588. The van der Waals surface area contributed by atoms with Gasteiger partial charge in [0.15, 0.2) is 0 Å². The second-order valence-electron chi connectivity index (χ2n) is 6.38. The molecule has 0 saturated carbocycles. The Labute approximate surface area is 126 Å². The SMILES string of the molecule is CC1CCCC(C)N1NC(=O)c1ccc2c(c1)CCCN2. The van der Waals surface area contributed by atoms with Gasteiger partial charge in [0.25, 0.3) is 5.91 Å². The van der Waals surface area contributed by atoms with E-state index in [1.807, 2.05) is 18.2 Å². The first-order chi connectivity index (χ1) is 10.1. The predicted octanol–water partition coefficient (Wildman–Crippen LogP) is 2.95. The monoisotopic (exact) mass is 287 g/mol. The second kappa shape index (κ2) is 6.06. The second-order valence-corrected chi connectivity index (χ2v) is 6.38. The van der Waals surface area contributed by atoms with Crippen molar-refractivity contribution in [3.8, 4) is 0 Å². The fourth-order valence-corrected chi connectivity index (χ4v) is 3.44. The van der Waals surface area contributed by atoms with Crippen LogP contribution in [0.1, 0.15) is 55.5 Å². The number of aryl methyl sites for hydroxylation is 1. The molecule has 2 aliphatic rings. The quantitative estimate of drug-likeness (QED) is 0.879. The van der Waals surface area contributed by atoms with Crippen molar-refractivity contribution in [2.45, 2.75) is 58.0 Å². The van der Waals surface area contributed by atoms with Crippen LogP contribution < -0.4 is 10.7 Å². The lowest BCUT2D eigenvalue weighted by molar-refractivity contribution is 0.0369. The van der Waals surface area contributed by atoms with Crippen LogP contribution in [0.25, 0.3) is 0 Å². The Balaban J connectivity index is 1.73. The number of hydrazine groups is 1. The van der Waals surface area contributed by atoms with E-state index in [4.69, 9.17) is 0 Å². The first-order valence-electron chi connectivity index (χ1n) is 8.11. The maximum Gasteiger partial charge on any atom is 0.265 e. The maximum atomic E-state index is 12.5. The Hall–Kier alpha value is -1.55. The van der Waals surface area contributed by atoms with E-state index in [2.05, 4.69) is 29.6 Å². The summed E-state index contributed by atoms with van der Waals surface area (Å²) in [6, 6.07) is 6.82. The molecule has 1 amide bonds. The van der Waals surface area contributed by atoms with Gasteiger partial charge in [0.1, 0.15) is 0 Å². The standard InChI is InChI=1S/C17H25N3O/c1-12-5-3-6-13(2)20(12)19-17(21)15-8-9-16-14(11-15)7-4-10-18-16/h8-9,11-13,18H,3-7,10H2,1-2H3,(H,19,21). The van der Waals surface area contributed by atoms with Gasteiger partial charge in [-0.2, -0.15) is 0 Å². The van der Waals surface area contributed by atoms with Crippen molar-refractivity contribution in [3.63, 3.8) is 0 Å². The Morgan fingerprint density at radius 3 is 2.76 bits per heavy atom. The van der Waals surface area contributed by atoms with Crippen molar-refractivity contribution < 1.29 is 4.79 Å². The molecule has 2 atom stereocenters. The normalized spacial score (nSPS) is 25.8. The van der Waals surface area contributed by atoms with Crippen LogP contribution in [0.15, 0.2) is 18.2 Å². The van der Waals surface area contributed by atoms with E-state index in [1.165, 1.54) is 17.7 Å². The lowest BCUT2D eigenvalue weighted by Gasteiger charge is -2.38. The molecule has 2 aliphatic heterocycles. The number of carbonyl (C=O) groups excluding carboxylic acids is 1. The molecule has 0 aromatic heterocycles. The molecule has 2 unspecified atom stereocenters. The average Bonchev–Trinajstić information content (AvgIpc) is 2.50. The summed E-state index contributed by atoms with van der Waals surface area (Å²) in [5.74, 6) is 0.0176. The van der Waals surface area contributed by atoms with E-state index in [1.54, 1.807) is 0 Å². The van der Waals surface area contributed by atoms with E-state index in [0.717, 1.165) is 37.8 Å². The van der Waals surface area contributed by atoms with Crippen LogP contribution in [0.5, 0.6) is 0 Å². The molecule has 0 bridgehead atoms. The molecular weight excluding hydrogens is 262 g/mol. The molecule has 4 heteroatoms. The van der Waals surface area contributed by atoms with Crippen LogP contribution in [-0.4, -0.2) is 29.5 Å². The summed E-state index contributed by atoms with van der Waals surface area (Å²) in [6.45, 7) is 5.40. The minimum Gasteiger partial charge on any atom is -0.385 e. The number of piperidine rings is 1. The van der Waals surface area contributed by atoms with Crippen LogP contribution in [0.4, 0.5) is 5.69 Å². The van der Waals surface area contributed by atoms with Crippen LogP contribution in [-0.2, 0) is 6.42 Å². The highest BCUT2D eigenvalue weighted by atomic mass is 16.2. The predicted molar refractivity (Wildman–Crippen MR) is 85.3 cm³/mol. The first-order valence-corrected chi connectivity index (χ1v) is 8.11. The van der Waals surface area contributed by atoms with Crippen molar-refractivity contribution >= 4 is 11.6 Å². The summed E-state index contributed by atoms with van der Waals surface area (Å²) in [5, 5.41) is 5.51. The van der Waals surface area contributed by atoms with Gasteiger partial charge in [-0.05, 0) is 63.3 Å². The van der Waals surface area contributed by atoms with Crippen molar-refractivity contribution in [1.29, 1.82) is 0 Å². The fourth-order valence-electron chi connectivity index (χ4n) is 3.44. The number of fused-ring (bicyclic) bond motifs is 1. The van der Waals surface area contributed by atoms with Gasteiger partial charge < -0.3 is 5.32 Å². The molecule has 2 heterocycles. The van der Waals surface area contributed by atoms with Gasteiger partial charge >= 0.3 is 0 Å². The third-order valence-electron chi connectivity index (χ3n) is 4.73. The van der Waals surface area contributed by atoms with E-state index in [-0.39, 0.29) is 5.91 Å². The number of nitrogens with one attached hydrogen (secondary N) is 2. The van der Waals surface area contributed by atoms with E-state index in [9.17, 15) is 4.79 Å². The van der Waals surface area contributed by atoms with Crippen molar-refractivity contribution in [3.05, 3.63) is 29.3 Å². The zero-order valence-electron chi connectivity index (χ0n) is 13.0. The molecule has 2 N–H and O–H groups in total. The molecule has 0 radical (unpaired) electrons. The van der Waals surface area contributed by atoms with Gasteiger partial charge in [-0.3, -0.25) is 10.2 Å². The number of rotatable bonds is 2. The van der Waals surface area contributed by atoms with Gasteiger partial charge in [-0.25, -0.2) is 5.01 Å². The molecule has 3 rings (SSSR count). The summed E-state index contributed by atoms with van der Waals surface area (Å²) >= 11 is 0. The minimum absolute atomic E-state index is 0.0176. The molecule has 1 fully saturated rings. The van der Waals surface area contributed by atoms with Crippen LogP contribution >= 0.6 is 0 Å². The topological polar surface area (TPSA) is 44.4 Å². The van der Waals surface area contributed by atoms with Gasteiger partial charge in [-0.1, -0.05) is 6.42 Å². The van der Waals surface area contributed by atoms with Gasteiger partial charge in [0, 0.05) is 29.9 Å². The smallest absolute Gasteiger partial charge is 0.265 e. The Kier molecular flexibility index (Phi) is 4.15. The molecule has 0 aliphatic carbocycles. The van der Waals surface area contributed by atoms with Gasteiger partial charge in [0.05, 0.1) is 0 Å². The Morgan fingerprint density at radius 1 is 1.24 bits per heavy atom. The largest absolute Gasteiger partial charge is 0.385 e. The minimum atomic E-state index is 0.0176. The highest BCUT2D eigenvalue weighted by Gasteiger charge is 2.26. The van der Waals surface area contributed by atoms with Crippen molar-refractivity contribution in [2.24, 2.45) is 0 Å². The van der Waals surface area contributed by atoms with Crippen LogP contribution in [0.3, 0.4) is 0 Å². The lowest BCUT2D eigenvalue weighted by atomic mass is 9.99. The molecular formula is C17H25N3O. The number of nitrogens with zero attached hydrogens (tertiary/aromatic N) is 1. The Bertz CT molecular complexity index is 519. The maximum absolute atomic E-state index is 12.5. The van der Waals surface area contributed by atoms with Gasteiger partial charge in [-0.15, -0.1) is 0 Å². The number of amides is 1. The number of carbonyl (C=O) groups is 1. The lowest BCUT2D eigenvalue weighted by Crippen LogP contribution is -2.54. The molecule has 0 spiro atoms. The van der Waals surface area contributed by atoms with E-state index in [0.29, 0.717) is 12.1 Å². The zero-order chi connectivity index (χ0) is 14.8. The zero-order valence-corrected chi connectivity index (χ0v) is 13.0. The first kappa shape index (κ1) is 14.4.